The third kappa shape index (κ3) is 3.31. The Morgan fingerprint density at radius 1 is 0.968 bits per heavy atom. The van der Waals surface area contributed by atoms with Crippen molar-refractivity contribution in [3.05, 3.63) is 89.0 Å². The van der Waals surface area contributed by atoms with Gasteiger partial charge in [-0.3, -0.25) is 19.8 Å². The molecular weight excluding hydrogens is 408 g/mol. The van der Waals surface area contributed by atoms with Crippen molar-refractivity contribution in [2.75, 3.05) is 12.0 Å². The van der Waals surface area contributed by atoms with Gasteiger partial charge in [0.15, 0.2) is 5.11 Å². The summed E-state index contributed by atoms with van der Waals surface area (Å²) in [4.78, 5) is 27.1. The number of nitrogens with one attached hydrogen (secondary N) is 1. The average Bonchev–Trinajstić information content (AvgIpc) is 3.15. The second-order valence-corrected chi connectivity index (χ2v) is 7.79. The molecule has 3 aromatic rings. The lowest BCUT2D eigenvalue weighted by Crippen LogP contribution is -2.54. The van der Waals surface area contributed by atoms with Gasteiger partial charge in [-0.05, 0) is 76.8 Å². The number of fused-ring (bicyclic) bond motifs is 3. The van der Waals surface area contributed by atoms with E-state index in [1.165, 1.54) is 27.2 Å². The van der Waals surface area contributed by atoms with E-state index in [-0.39, 0.29) is 10.7 Å². The number of ether oxygens (including phenoxy) is 1. The van der Waals surface area contributed by atoms with Crippen molar-refractivity contribution in [2.45, 2.75) is 6.42 Å². The van der Waals surface area contributed by atoms with Gasteiger partial charge in [-0.1, -0.05) is 42.5 Å². The predicted molar refractivity (Wildman–Crippen MR) is 124 cm³/mol. The van der Waals surface area contributed by atoms with Crippen molar-refractivity contribution in [3.8, 4) is 16.9 Å². The largest absolute Gasteiger partial charge is 0.497 e. The van der Waals surface area contributed by atoms with E-state index in [1.54, 1.807) is 37.5 Å². The number of rotatable bonds is 3. The summed E-state index contributed by atoms with van der Waals surface area (Å²) in [6.07, 6.45) is 2.46. The highest BCUT2D eigenvalue weighted by Gasteiger charge is 2.34. The van der Waals surface area contributed by atoms with Crippen LogP contribution in [0.5, 0.6) is 5.75 Å². The van der Waals surface area contributed by atoms with E-state index in [2.05, 4.69) is 17.4 Å². The minimum absolute atomic E-state index is 0.0416. The Bertz CT molecular complexity index is 1280. The molecule has 0 atom stereocenters. The summed E-state index contributed by atoms with van der Waals surface area (Å²) in [7, 11) is 1.57. The second kappa shape index (κ2) is 7.49. The summed E-state index contributed by atoms with van der Waals surface area (Å²) in [5, 5.41) is 2.68. The van der Waals surface area contributed by atoms with E-state index in [1.807, 2.05) is 30.3 Å². The lowest BCUT2D eigenvalue weighted by molar-refractivity contribution is -0.122. The molecule has 1 N–H and O–H groups in total. The molecule has 0 unspecified atom stereocenters. The summed E-state index contributed by atoms with van der Waals surface area (Å²) in [6.45, 7) is 0. The van der Waals surface area contributed by atoms with Crippen molar-refractivity contribution in [3.63, 3.8) is 0 Å². The third-order valence-electron chi connectivity index (χ3n) is 5.56. The highest BCUT2D eigenvalue weighted by Crippen LogP contribution is 2.37. The number of hydrogen-bond acceptors (Lipinski definition) is 4. The van der Waals surface area contributed by atoms with Gasteiger partial charge >= 0.3 is 0 Å². The molecule has 2 amide bonds. The molecule has 2 aliphatic rings. The standard InChI is InChI=1S/C25H18N2O3S/c1-30-19-9-7-18(8-10-19)27-24(29)22(23(28)26-25(27)31)13-15-6-11-21-17(12-15)14-16-4-2-3-5-20(16)21/h2-13H,14H2,1H3,(H,26,28,31)/b22-13-. The summed E-state index contributed by atoms with van der Waals surface area (Å²) < 4.78 is 5.17. The van der Waals surface area contributed by atoms with Gasteiger partial charge in [0, 0.05) is 0 Å². The van der Waals surface area contributed by atoms with E-state index in [0.717, 1.165) is 12.0 Å². The average molecular weight is 426 g/mol. The lowest BCUT2D eigenvalue weighted by Gasteiger charge is -2.29. The molecule has 5 rings (SSSR count). The minimum Gasteiger partial charge on any atom is -0.497 e. The minimum atomic E-state index is -0.497. The van der Waals surface area contributed by atoms with Gasteiger partial charge in [0.1, 0.15) is 11.3 Å². The van der Waals surface area contributed by atoms with Crippen LogP contribution < -0.4 is 15.0 Å². The number of amides is 2. The van der Waals surface area contributed by atoms with Crippen LogP contribution in [0.4, 0.5) is 5.69 Å². The molecule has 1 aliphatic heterocycles. The molecule has 0 radical (unpaired) electrons. The van der Waals surface area contributed by atoms with Gasteiger partial charge in [-0.15, -0.1) is 0 Å². The van der Waals surface area contributed by atoms with Gasteiger partial charge in [-0.25, -0.2) is 0 Å². The molecule has 5 nitrogen and oxygen atoms in total. The van der Waals surface area contributed by atoms with Crippen LogP contribution in [-0.2, 0) is 16.0 Å². The Balaban J connectivity index is 1.49. The van der Waals surface area contributed by atoms with Gasteiger partial charge in [-0.2, -0.15) is 0 Å². The van der Waals surface area contributed by atoms with E-state index in [9.17, 15) is 9.59 Å². The summed E-state index contributed by atoms with van der Waals surface area (Å²) in [6, 6.07) is 21.3. The number of carbonyl (C=O) groups is 2. The molecule has 31 heavy (non-hydrogen) atoms. The highest BCUT2D eigenvalue weighted by molar-refractivity contribution is 7.80. The number of thiocarbonyl (C=S) groups is 1. The molecule has 6 heteroatoms. The maximum Gasteiger partial charge on any atom is 0.270 e. The Morgan fingerprint density at radius 3 is 2.48 bits per heavy atom. The van der Waals surface area contributed by atoms with Crippen molar-refractivity contribution in [2.24, 2.45) is 0 Å². The molecule has 1 aliphatic carbocycles. The number of nitrogens with zero attached hydrogens (tertiary/aromatic N) is 1. The van der Waals surface area contributed by atoms with Gasteiger partial charge in [0.2, 0.25) is 0 Å². The monoisotopic (exact) mass is 426 g/mol. The van der Waals surface area contributed by atoms with E-state index in [4.69, 9.17) is 17.0 Å². The number of anilines is 1. The van der Waals surface area contributed by atoms with Gasteiger partial charge in [0.05, 0.1) is 12.8 Å². The maximum absolute atomic E-state index is 13.2. The normalized spacial score (nSPS) is 16.2. The Morgan fingerprint density at radius 2 is 1.71 bits per heavy atom. The van der Waals surface area contributed by atoms with Crippen LogP contribution in [-0.4, -0.2) is 24.0 Å². The van der Waals surface area contributed by atoms with E-state index in [0.29, 0.717) is 11.4 Å². The first-order valence-electron chi connectivity index (χ1n) is 9.82. The van der Waals surface area contributed by atoms with Crippen molar-refractivity contribution in [1.29, 1.82) is 0 Å². The number of methoxy groups -OCH3 is 1. The zero-order valence-corrected chi connectivity index (χ0v) is 17.5. The Labute approximate surface area is 185 Å². The summed E-state index contributed by atoms with van der Waals surface area (Å²) in [5.74, 6) is -0.288. The van der Waals surface area contributed by atoms with Crippen LogP contribution in [0.1, 0.15) is 16.7 Å². The SMILES string of the molecule is COc1ccc(N2C(=O)/C(=C\c3ccc4c(c3)Cc3ccccc3-4)C(=O)NC2=S)cc1. The topological polar surface area (TPSA) is 58.6 Å². The fourth-order valence-corrected chi connectivity index (χ4v) is 4.33. The van der Waals surface area contributed by atoms with Crippen LogP contribution >= 0.6 is 12.2 Å². The fourth-order valence-electron chi connectivity index (χ4n) is 4.04. The van der Waals surface area contributed by atoms with Gasteiger partial charge in [0.25, 0.3) is 11.8 Å². The van der Waals surface area contributed by atoms with Crippen LogP contribution in [0.2, 0.25) is 0 Å². The Hall–Kier alpha value is -3.77. The third-order valence-corrected chi connectivity index (χ3v) is 5.85. The van der Waals surface area contributed by atoms with Crippen LogP contribution in [0.25, 0.3) is 17.2 Å². The van der Waals surface area contributed by atoms with Gasteiger partial charge < -0.3 is 4.74 Å². The molecular formula is C25H18N2O3S. The van der Waals surface area contributed by atoms with Crippen molar-refractivity contribution >= 4 is 40.9 Å². The molecule has 0 bridgehead atoms. The number of carbonyl (C=O) groups excluding carboxylic acids is 2. The summed E-state index contributed by atoms with van der Waals surface area (Å²) >= 11 is 5.26. The fraction of sp³-hybridized carbons (Fsp3) is 0.0800. The predicted octanol–water partition coefficient (Wildman–Crippen LogP) is 4.10. The molecule has 1 saturated heterocycles. The number of hydrogen-bond donors (Lipinski definition) is 1. The second-order valence-electron chi connectivity index (χ2n) is 7.41. The van der Waals surface area contributed by atoms with E-state index >= 15 is 0 Å². The molecule has 0 spiro atoms. The Kier molecular flexibility index (Phi) is 4.64. The molecule has 0 aromatic heterocycles. The smallest absolute Gasteiger partial charge is 0.270 e. The lowest BCUT2D eigenvalue weighted by atomic mass is 10.0. The molecule has 3 aromatic carbocycles. The first-order valence-corrected chi connectivity index (χ1v) is 10.2. The van der Waals surface area contributed by atoms with Crippen LogP contribution in [0, 0.1) is 0 Å². The molecule has 152 valence electrons. The first-order chi connectivity index (χ1) is 15.0. The molecule has 1 heterocycles. The quantitative estimate of drug-likeness (QED) is 0.304. The zero-order valence-electron chi connectivity index (χ0n) is 16.7. The highest BCUT2D eigenvalue weighted by atomic mass is 32.1. The van der Waals surface area contributed by atoms with E-state index < -0.39 is 11.8 Å². The van der Waals surface area contributed by atoms with Crippen molar-refractivity contribution in [1.82, 2.24) is 5.32 Å². The summed E-state index contributed by atoms with van der Waals surface area (Å²) in [5.41, 5.74) is 6.29. The first kappa shape index (κ1) is 19.2. The number of benzene rings is 3. The molecule has 0 saturated carbocycles. The van der Waals surface area contributed by atoms with Crippen LogP contribution in [0.3, 0.4) is 0 Å². The maximum atomic E-state index is 13.2. The van der Waals surface area contributed by atoms with Crippen LogP contribution in [0.15, 0.2) is 72.3 Å². The molecule has 1 fully saturated rings. The van der Waals surface area contributed by atoms with Crippen molar-refractivity contribution < 1.29 is 14.3 Å². The zero-order chi connectivity index (χ0) is 21.5.